The van der Waals surface area contributed by atoms with Crippen LogP contribution in [0.3, 0.4) is 0 Å². The third-order valence-corrected chi connectivity index (χ3v) is 6.56. The van der Waals surface area contributed by atoms with E-state index >= 15 is 0 Å². The lowest BCUT2D eigenvalue weighted by molar-refractivity contribution is 0.0926. The number of aromatic amines is 1. The summed E-state index contributed by atoms with van der Waals surface area (Å²) in [5.74, 6) is 0.522. The third kappa shape index (κ3) is 4.73. The van der Waals surface area contributed by atoms with Crippen LogP contribution in [0.25, 0.3) is 16.6 Å². The summed E-state index contributed by atoms with van der Waals surface area (Å²) in [5.41, 5.74) is 4.46. The van der Waals surface area contributed by atoms with Crippen LogP contribution in [-0.4, -0.2) is 47.8 Å². The van der Waals surface area contributed by atoms with Crippen LogP contribution in [0.2, 0.25) is 0 Å². The molecule has 0 aromatic carbocycles. The molecule has 4 heterocycles. The Morgan fingerprint density at radius 2 is 1.97 bits per heavy atom. The summed E-state index contributed by atoms with van der Waals surface area (Å²) in [6.45, 7) is 5.90. The molecule has 0 spiro atoms. The van der Waals surface area contributed by atoms with E-state index < -0.39 is 5.95 Å². The number of aryl methyl sites for hydroxylation is 1. The SMILES string of the molecule is Cc1cc(F)ncc1-c1cc2c(NC(C)C)c(C(=O)NC3CCC(c4nc[nH]n4)CC3)cnn2c1. The normalized spacial score (nSPS) is 18.2. The monoisotopic (exact) mass is 476 g/mol. The minimum Gasteiger partial charge on any atom is -0.380 e. The smallest absolute Gasteiger partial charge is 0.255 e. The molecule has 182 valence electrons. The number of aromatic nitrogens is 6. The highest BCUT2D eigenvalue weighted by atomic mass is 19.1. The Balaban J connectivity index is 1.40. The number of H-pyrrole nitrogens is 1. The van der Waals surface area contributed by atoms with E-state index in [0.29, 0.717) is 11.5 Å². The molecular formula is C25H29FN8O. The van der Waals surface area contributed by atoms with E-state index in [4.69, 9.17) is 0 Å². The van der Waals surface area contributed by atoms with E-state index in [2.05, 4.69) is 35.9 Å². The fourth-order valence-electron chi connectivity index (χ4n) is 4.82. The average Bonchev–Trinajstić information content (AvgIpc) is 3.50. The number of halogens is 1. The molecule has 3 N–H and O–H groups in total. The molecule has 0 unspecified atom stereocenters. The molecule has 0 bridgehead atoms. The van der Waals surface area contributed by atoms with Crippen molar-refractivity contribution in [2.75, 3.05) is 5.32 Å². The number of fused-ring (bicyclic) bond motifs is 1. The number of hydrogen-bond donors (Lipinski definition) is 3. The molecule has 4 aromatic rings. The van der Waals surface area contributed by atoms with Gasteiger partial charge in [-0.15, -0.1) is 0 Å². The topological polar surface area (TPSA) is 113 Å². The molecule has 0 aliphatic heterocycles. The van der Waals surface area contributed by atoms with E-state index in [-0.39, 0.29) is 18.0 Å². The molecule has 0 saturated heterocycles. The minimum absolute atomic E-state index is 0.0936. The number of amides is 1. The van der Waals surface area contributed by atoms with Crippen molar-refractivity contribution in [1.82, 2.24) is 35.1 Å². The summed E-state index contributed by atoms with van der Waals surface area (Å²) in [6.07, 6.45) is 10.2. The molecule has 1 amide bonds. The second kappa shape index (κ2) is 9.44. The first-order valence-electron chi connectivity index (χ1n) is 12.0. The van der Waals surface area contributed by atoms with Crippen LogP contribution in [0.4, 0.5) is 10.1 Å². The Hall–Kier alpha value is -3.82. The van der Waals surface area contributed by atoms with Gasteiger partial charge in [-0.25, -0.2) is 14.5 Å². The molecular weight excluding hydrogens is 447 g/mol. The molecule has 5 rings (SSSR count). The second-order valence-electron chi connectivity index (χ2n) is 9.49. The Labute approximate surface area is 202 Å². The van der Waals surface area contributed by atoms with Gasteiger partial charge in [0.25, 0.3) is 5.91 Å². The highest BCUT2D eigenvalue weighted by Crippen LogP contribution is 2.32. The summed E-state index contributed by atoms with van der Waals surface area (Å²) < 4.78 is 15.2. The number of hydrogen-bond acceptors (Lipinski definition) is 6. The molecule has 4 aromatic heterocycles. The van der Waals surface area contributed by atoms with Gasteiger partial charge in [-0.05, 0) is 64.2 Å². The van der Waals surface area contributed by atoms with Gasteiger partial charge in [-0.1, -0.05) is 0 Å². The third-order valence-electron chi connectivity index (χ3n) is 6.56. The van der Waals surface area contributed by atoms with Gasteiger partial charge < -0.3 is 10.6 Å². The lowest BCUT2D eigenvalue weighted by Crippen LogP contribution is -2.38. The quantitative estimate of drug-likeness (QED) is 0.359. The highest BCUT2D eigenvalue weighted by Gasteiger charge is 2.27. The van der Waals surface area contributed by atoms with Crippen molar-refractivity contribution in [2.45, 2.75) is 64.5 Å². The van der Waals surface area contributed by atoms with Crippen molar-refractivity contribution in [1.29, 1.82) is 0 Å². The Morgan fingerprint density at radius 1 is 1.17 bits per heavy atom. The van der Waals surface area contributed by atoms with Gasteiger partial charge in [0.05, 0.1) is 23.0 Å². The van der Waals surface area contributed by atoms with Gasteiger partial charge in [0.2, 0.25) is 5.95 Å². The van der Waals surface area contributed by atoms with E-state index in [1.165, 1.54) is 12.3 Å². The van der Waals surface area contributed by atoms with Crippen LogP contribution in [0.5, 0.6) is 0 Å². The van der Waals surface area contributed by atoms with E-state index in [1.807, 2.05) is 33.0 Å². The van der Waals surface area contributed by atoms with Gasteiger partial charge in [-0.2, -0.15) is 14.6 Å². The largest absolute Gasteiger partial charge is 0.380 e. The van der Waals surface area contributed by atoms with Crippen molar-refractivity contribution < 1.29 is 9.18 Å². The van der Waals surface area contributed by atoms with Crippen LogP contribution < -0.4 is 10.6 Å². The molecule has 1 saturated carbocycles. The second-order valence-corrected chi connectivity index (χ2v) is 9.49. The molecule has 1 fully saturated rings. The molecule has 1 aliphatic rings. The van der Waals surface area contributed by atoms with Crippen LogP contribution >= 0.6 is 0 Å². The number of carbonyl (C=O) groups excluding carboxylic acids is 1. The predicted octanol–water partition coefficient (Wildman–Crippen LogP) is 4.24. The Bertz CT molecular complexity index is 1340. The van der Waals surface area contributed by atoms with Crippen molar-refractivity contribution in [3.63, 3.8) is 0 Å². The first kappa shape index (κ1) is 22.9. The molecule has 0 radical (unpaired) electrons. The van der Waals surface area contributed by atoms with Crippen LogP contribution in [0.15, 0.2) is 37.1 Å². The number of carbonyl (C=O) groups is 1. The number of nitrogens with zero attached hydrogens (tertiary/aromatic N) is 5. The molecule has 10 heteroatoms. The Kier molecular flexibility index (Phi) is 6.19. The highest BCUT2D eigenvalue weighted by molar-refractivity contribution is 6.03. The zero-order valence-electron chi connectivity index (χ0n) is 20.0. The average molecular weight is 477 g/mol. The minimum atomic E-state index is -0.510. The van der Waals surface area contributed by atoms with Crippen molar-refractivity contribution in [2.24, 2.45) is 0 Å². The summed E-state index contributed by atoms with van der Waals surface area (Å²) in [4.78, 5) is 21.4. The van der Waals surface area contributed by atoms with Crippen molar-refractivity contribution in [3.8, 4) is 11.1 Å². The van der Waals surface area contributed by atoms with Crippen molar-refractivity contribution in [3.05, 3.63) is 59.9 Å². The van der Waals surface area contributed by atoms with Crippen LogP contribution in [0, 0.1) is 12.9 Å². The molecule has 1 aliphatic carbocycles. The van der Waals surface area contributed by atoms with E-state index in [1.54, 1.807) is 17.0 Å². The maximum Gasteiger partial charge on any atom is 0.255 e. The van der Waals surface area contributed by atoms with Crippen molar-refractivity contribution >= 4 is 17.1 Å². The van der Waals surface area contributed by atoms with Gasteiger partial charge >= 0.3 is 0 Å². The van der Waals surface area contributed by atoms with Crippen LogP contribution in [-0.2, 0) is 0 Å². The summed E-state index contributed by atoms with van der Waals surface area (Å²) >= 11 is 0. The molecule has 9 nitrogen and oxygen atoms in total. The summed E-state index contributed by atoms with van der Waals surface area (Å²) in [5, 5.41) is 18.1. The maximum absolute atomic E-state index is 13.5. The first-order chi connectivity index (χ1) is 16.9. The number of rotatable bonds is 6. The lowest BCUT2D eigenvalue weighted by Gasteiger charge is -2.28. The fraction of sp³-hybridized carbons (Fsp3) is 0.400. The number of pyridine rings is 1. The lowest BCUT2D eigenvalue weighted by atomic mass is 9.85. The standard InChI is InChI=1S/C25H29FN8O/c1-14(2)31-23-20(25(35)32-18-6-4-16(5-7-18)24-28-13-29-33-24)11-30-34-12-17(9-21(23)34)19-10-27-22(26)8-15(19)3/h8-14,16,18,31H,4-7H2,1-3H3,(H,32,35)(H,28,29,33). The van der Waals surface area contributed by atoms with Gasteiger partial charge in [0.1, 0.15) is 6.33 Å². The molecule has 35 heavy (non-hydrogen) atoms. The summed E-state index contributed by atoms with van der Waals surface area (Å²) in [7, 11) is 0. The number of anilines is 1. The molecule has 0 atom stereocenters. The fourth-order valence-corrected chi connectivity index (χ4v) is 4.82. The van der Waals surface area contributed by atoms with Gasteiger partial charge in [0.15, 0.2) is 5.82 Å². The predicted molar refractivity (Wildman–Crippen MR) is 131 cm³/mol. The van der Waals surface area contributed by atoms with Crippen LogP contribution in [0.1, 0.15) is 67.2 Å². The maximum atomic E-state index is 13.5. The first-order valence-corrected chi connectivity index (χ1v) is 12.0. The zero-order chi connectivity index (χ0) is 24.5. The Morgan fingerprint density at radius 3 is 2.66 bits per heavy atom. The summed E-state index contributed by atoms with van der Waals surface area (Å²) in [6, 6.07) is 3.57. The zero-order valence-corrected chi connectivity index (χ0v) is 20.0. The van der Waals surface area contributed by atoms with Gasteiger partial charge in [0, 0.05) is 41.5 Å². The van der Waals surface area contributed by atoms with E-state index in [0.717, 1.165) is 59.4 Å². The number of nitrogens with one attached hydrogen (secondary N) is 3. The van der Waals surface area contributed by atoms with Gasteiger partial charge in [-0.3, -0.25) is 9.89 Å². The van der Waals surface area contributed by atoms with E-state index in [9.17, 15) is 9.18 Å².